The molecule has 0 saturated carbocycles. The number of alkyl halides is 2. The highest BCUT2D eigenvalue weighted by Crippen LogP contribution is 2.33. The maximum absolute atomic E-state index is 12.5. The van der Waals surface area contributed by atoms with E-state index in [-0.39, 0.29) is 10.4 Å². The van der Waals surface area contributed by atoms with Crippen LogP contribution in [0.25, 0.3) is 0 Å². The fraction of sp³-hybridized carbons (Fsp3) is 0.250. The second kappa shape index (κ2) is 4.52. The number of hydrogen-bond acceptors (Lipinski definition) is 3. The van der Waals surface area contributed by atoms with Gasteiger partial charge in [0.1, 0.15) is 0 Å². The van der Waals surface area contributed by atoms with E-state index in [0.717, 1.165) is 6.07 Å². The second-order valence-corrected chi connectivity index (χ2v) is 3.32. The molecule has 1 aromatic rings. The number of methoxy groups -OCH3 is 1. The zero-order valence-electron chi connectivity index (χ0n) is 7.50. The predicted octanol–water partition coefficient (Wildman–Crippen LogP) is 2.49. The molecule has 0 amide bonds. The third-order valence-electron chi connectivity index (χ3n) is 1.60. The smallest absolute Gasteiger partial charge is 0.354 e. The number of aromatic nitrogens is 1. The summed E-state index contributed by atoms with van der Waals surface area (Å²) in [5.74, 6) is -1.56. The predicted molar refractivity (Wildman–Crippen MR) is 50.4 cm³/mol. The Morgan fingerprint density at radius 2 is 2.27 bits per heavy atom. The maximum atomic E-state index is 12.5. The summed E-state index contributed by atoms with van der Waals surface area (Å²) in [6, 6.07) is 0.805. The average molecular weight is 282 g/mol. The van der Waals surface area contributed by atoms with Crippen LogP contribution in [0.3, 0.4) is 0 Å². The lowest BCUT2D eigenvalue weighted by atomic mass is 10.2. The monoisotopic (exact) mass is 281 g/mol. The van der Waals surface area contributed by atoms with E-state index < -0.39 is 23.7 Å². The molecule has 1 heterocycles. The standard InChI is InChI=1S/C8H6BrF2NO3/c1-15-7-5(9)3(6(10)11)2-4(12-7)8(13)14/h2,6H,1H3,(H,13,14). The first kappa shape index (κ1) is 11.8. The molecular formula is C8H6BrF2NO3. The fourth-order valence-electron chi connectivity index (χ4n) is 0.928. The number of rotatable bonds is 3. The van der Waals surface area contributed by atoms with E-state index >= 15 is 0 Å². The van der Waals surface area contributed by atoms with Crippen LogP contribution in [-0.4, -0.2) is 23.2 Å². The van der Waals surface area contributed by atoms with Crippen molar-refractivity contribution in [1.29, 1.82) is 0 Å². The minimum absolute atomic E-state index is 0.0370. The van der Waals surface area contributed by atoms with Crippen molar-refractivity contribution in [3.05, 3.63) is 21.8 Å². The van der Waals surface area contributed by atoms with Crippen LogP contribution in [-0.2, 0) is 0 Å². The summed E-state index contributed by atoms with van der Waals surface area (Å²) in [4.78, 5) is 14.1. The number of pyridine rings is 1. The highest BCUT2D eigenvalue weighted by atomic mass is 79.9. The molecule has 0 atom stereocenters. The zero-order chi connectivity index (χ0) is 11.6. The Kier molecular flexibility index (Phi) is 3.57. The first-order valence-corrected chi connectivity index (χ1v) is 4.52. The lowest BCUT2D eigenvalue weighted by molar-refractivity contribution is 0.0688. The van der Waals surface area contributed by atoms with Crippen molar-refractivity contribution < 1.29 is 23.4 Å². The summed E-state index contributed by atoms with van der Waals surface area (Å²) in [5, 5.41) is 8.62. The second-order valence-electron chi connectivity index (χ2n) is 2.53. The molecule has 0 aliphatic heterocycles. The van der Waals surface area contributed by atoms with Crippen molar-refractivity contribution in [2.45, 2.75) is 6.43 Å². The molecule has 82 valence electrons. The Bertz CT molecular complexity index is 398. The molecule has 0 radical (unpaired) electrons. The van der Waals surface area contributed by atoms with Crippen LogP contribution in [0.4, 0.5) is 8.78 Å². The van der Waals surface area contributed by atoms with Crippen molar-refractivity contribution in [2.75, 3.05) is 7.11 Å². The first-order chi connectivity index (χ1) is 6.97. The Labute approximate surface area is 92.0 Å². The van der Waals surface area contributed by atoms with Gasteiger partial charge in [0.2, 0.25) is 5.88 Å². The van der Waals surface area contributed by atoms with Crippen LogP contribution in [0.15, 0.2) is 10.5 Å². The van der Waals surface area contributed by atoms with E-state index in [2.05, 4.69) is 25.7 Å². The largest absolute Gasteiger partial charge is 0.480 e. The Morgan fingerprint density at radius 1 is 1.67 bits per heavy atom. The maximum Gasteiger partial charge on any atom is 0.354 e. The zero-order valence-corrected chi connectivity index (χ0v) is 9.09. The Balaban J connectivity index is 3.38. The lowest BCUT2D eigenvalue weighted by Crippen LogP contribution is -2.05. The van der Waals surface area contributed by atoms with Crippen molar-refractivity contribution >= 4 is 21.9 Å². The van der Waals surface area contributed by atoms with Gasteiger partial charge in [0.05, 0.1) is 11.6 Å². The molecule has 0 aliphatic rings. The Hall–Kier alpha value is -1.24. The molecular weight excluding hydrogens is 276 g/mol. The number of ether oxygens (including phenoxy) is 1. The number of carboxylic acids is 1. The minimum atomic E-state index is -2.80. The van der Waals surface area contributed by atoms with Crippen LogP contribution >= 0.6 is 15.9 Å². The molecule has 1 aromatic heterocycles. The van der Waals surface area contributed by atoms with E-state index in [1.165, 1.54) is 7.11 Å². The van der Waals surface area contributed by atoms with Gasteiger partial charge in [-0.1, -0.05) is 0 Å². The molecule has 0 aromatic carbocycles. The van der Waals surface area contributed by atoms with Gasteiger partial charge >= 0.3 is 5.97 Å². The topological polar surface area (TPSA) is 59.4 Å². The van der Waals surface area contributed by atoms with Crippen molar-refractivity contribution in [3.63, 3.8) is 0 Å². The molecule has 0 fully saturated rings. The van der Waals surface area contributed by atoms with Gasteiger partial charge < -0.3 is 9.84 Å². The molecule has 7 heteroatoms. The van der Waals surface area contributed by atoms with Crippen molar-refractivity contribution in [3.8, 4) is 5.88 Å². The summed E-state index contributed by atoms with van der Waals surface area (Å²) in [7, 11) is 1.22. The average Bonchev–Trinajstić information content (AvgIpc) is 2.17. The number of nitrogens with zero attached hydrogens (tertiary/aromatic N) is 1. The molecule has 1 rings (SSSR count). The van der Waals surface area contributed by atoms with Crippen LogP contribution in [0.5, 0.6) is 5.88 Å². The fourth-order valence-corrected chi connectivity index (χ4v) is 1.47. The molecule has 0 aliphatic carbocycles. The highest BCUT2D eigenvalue weighted by Gasteiger charge is 2.20. The molecule has 0 saturated heterocycles. The minimum Gasteiger partial charge on any atom is -0.480 e. The molecule has 0 spiro atoms. The number of hydrogen-bond donors (Lipinski definition) is 1. The summed E-state index contributed by atoms with van der Waals surface area (Å²) in [6.45, 7) is 0. The highest BCUT2D eigenvalue weighted by molar-refractivity contribution is 9.10. The van der Waals surface area contributed by atoms with Crippen LogP contribution in [0.2, 0.25) is 0 Å². The van der Waals surface area contributed by atoms with Gasteiger partial charge in [0.25, 0.3) is 6.43 Å². The lowest BCUT2D eigenvalue weighted by Gasteiger charge is -2.08. The third kappa shape index (κ3) is 2.41. The SMILES string of the molecule is COc1nc(C(=O)O)cc(C(F)F)c1Br. The van der Waals surface area contributed by atoms with Crippen LogP contribution in [0.1, 0.15) is 22.5 Å². The van der Waals surface area contributed by atoms with Crippen molar-refractivity contribution in [1.82, 2.24) is 4.98 Å². The summed E-state index contributed by atoms with van der Waals surface area (Å²) in [5.41, 5.74) is -0.940. The van der Waals surface area contributed by atoms with Gasteiger partial charge in [-0.3, -0.25) is 0 Å². The van der Waals surface area contributed by atoms with Gasteiger partial charge in [0.15, 0.2) is 5.69 Å². The van der Waals surface area contributed by atoms with E-state index in [9.17, 15) is 13.6 Å². The van der Waals surface area contributed by atoms with Gasteiger partial charge in [-0.05, 0) is 22.0 Å². The van der Waals surface area contributed by atoms with Gasteiger partial charge in [-0.15, -0.1) is 0 Å². The number of aromatic carboxylic acids is 1. The summed E-state index contributed by atoms with van der Waals surface area (Å²) < 4.78 is 29.6. The van der Waals surface area contributed by atoms with E-state index in [0.29, 0.717) is 0 Å². The van der Waals surface area contributed by atoms with Crippen LogP contribution < -0.4 is 4.74 Å². The normalized spacial score (nSPS) is 10.5. The number of halogens is 3. The van der Waals surface area contributed by atoms with Crippen molar-refractivity contribution in [2.24, 2.45) is 0 Å². The van der Waals surface area contributed by atoms with Gasteiger partial charge in [-0.25, -0.2) is 18.6 Å². The summed E-state index contributed by atoms with van der Waals surface area (Å²) >= 11 is 2.86. The van der Waals surface area contributed by atoms with E-state index in [1.807, 2.05) is 0 Å². The van der Waals surface area contributed by atoms with Gasteiger partial charge in [0, 0.05) is 5.56 Å². The molecule has 15 heavy (non-hydrogen) atoms. The molecule has 0 unspecified atom stereocenters. The first-order valence-electron chi connectivity index (χ1n) is 3.73. The summed E-state index contributed by atoms with van der Waals surface area (Å²) in [6.07, 6.45) is -2.80. The number of carboxylic acid groups (broad SMARTS) is 1. The quantitative estimate of drug-likeness (QED) is 0.925. The molecule has 1 N–H and O–H groups in total. The van der Waals surface area contributed by atoms with Gasteiger partial charge in [-0.2, -0.15) is 0 Å². The van der Waals surface area contributed by atoms with E-state index in [1.54, 1.807) is 0 Å². The third-order valence-corrected chi connectivity index (χ3v) is 2.40. The van der Waals surface area contributed by atoms with E-state index in [4.69, 9.17) is 5.11 Å². The van der Waals surface area contributed by atoms with Crippen LogP contribution in [0, 0.1) is 0 Å². The Morgan fingerprint density at radius 3 is 2.67 bits per heavy atom. The molecule has 0 bridgehead atoms. The molecule has 4 nitrogen and oxygen atoms in total. The number of carbonyl (C=O) groups is 1.